The Morgan fingerprint density at radius 2 is 1.77 bits per heavy atom. The van der Waals surface area contributed by atoms with E-state index in [1.807, 2.05) is 37.3 Å². The first-order chi connectivity index (χ1) is 12.7. The van der Waals surface area contributed by atoms with E-state index >= 15 is 0 Å². The zero-order valence-corrected chi connectivity index (χ0v) is 16.3. The summed E-state index contributed by atoms with van der Waals surface area (Å²) in [5, 5.41) is 2.97. The molecule has 4 heteroatoms. The number of nitrogens with zero attached hydrogens (tertiary/aromatic N) is 1. The maximum atomic E-state index is 12.4. The van der Waals surface area contributed by atoms with Crippen LogP contribution in [0.5, 0.6) is 0 Å². The van der Waals surface area contributed by atoms with Crippen LogP contribution in [0.4, 0.5) is 0 Å². The summed E-state index contributed by atoms with van der Waals surface area (Å²) in [5.74, 6) is 0.0836. The highest BCUT2D eigenvalue weighted by Gasteiger charge is 2.14. The summed E-state index contributed by atoms with van der Waals surface area (Å²) < 4.78 is 0. The summed E-state index contributed by atoms with van der Waals surface area (Å²) in [5.41, 5.74) is 2.51. The Morgan fingerprint density at radius 3 is 2.54 bits per heavy atom. The van der Waals surface area contributed by atoms with Gasteiger partial charge in [-0.1, -0.05) is 48.9 Å². The Balaban J connectivity index is 1.49. The number of carbonyl (C=O) groups is 1. The molecular formula is C22H28N2OS. The van der Waals surface area contributed by atoms with Crippen molar-refractivity contribution in [2.75, 3.05) is 13.1 Å². The summed E-state index contributed by atoms with van der Waals surface area (Å²) in [6, 6.07) is 18.7. The van der Waals surface area contributed by atoms with E-state index in [2.05, 4.69) is 34.5 Å². The molecular weight excluding hydrogens is 340 g/mol. The number of hydrogen-bond donors (Lipinski definition) is 1. The molecule has 1 aliphatic heterocycles. The van der Waals surface area contributed by atoms with Crippen LogP contribution in [0.25, 0.3) is 0 Å². The Labute approximate surface area is 161 Å². The molecule has 0 spiro atoms. The average Bonchev–Trinajstić information content (AvgIpc) is 2.68. The van der Waals surface area contributed by atoms with E-state index < -0.39 is 0 Å². The van der Waals surface area contributed by atoms with Gasteiger partial charge in [0.05, 0.1) is 5.25 Å². The number of benzene rings is 2. The van der Waals surface area contributed by atoms with Gasteiger partial charge < -0.3 is 5.32 Å². The maximum Gasteiger partial charge on any atom is 0.233 e. The van der Waals surface area contributed by atoms with Crippen molar-refractivity contribution in [1.29, 1.82) is 0 Å². The van der Waals surface area contributed by atoms with Crippen LogP contribution >= 0.6 is 11.8 Å². The molecule has 0 bridgehead atoms. The molecule has 0 aromatic heterocycles. The number of piperidine rings is 1. The lowest BCUT2D eigenvalue weighted by Gasteiger charge is -2.26. The van der Waals surface area contributed by atoms with E-state index in [0.717, 1.165) is 11.4 Å². The first kappa shape index (κ1) is 19.0. The van der Waals surface area contributed by atoms with E-state index in [0.29, 0.717) is 6.54 Å². The fourth-order valence-electron chi connectivity index (χ4n) is 3.30. The highest BCUT2D eigenvalue weighted by Crippen LogP contribution is 2.22. The maximum absolute atomic E-state index is 12.4. The molecule has 1 N–H and O–H groups in total. The first-order valence-corrected chi connectivity index (χ1v) is 10.4. The second kappa shape index (κ2) is 9.79. The minimum Gasteiger partial charge on any atom is -0.351 e. The summed E-state index contributed by atoms with van der Waals surface area (Å²) in [6.07, 6.45) is 3.99. The van der Waals surface area contributed by atoms with E-state index in [4.69, 9.17) is 0 Å². The molecule has 2 aromatic carbocycles. The average molecular weight is 369 g/mol. The van der Waals surface area contributed by atoms with Gasteiger partial charge in [-0.15, -0.1) is 11.8 Å². The number of likely N-dealkylation sites (tertiary alicyclic amines) is 1. The van der Waals surface area contributed by atoms with Gasteiger partial charge in [0, 0.05) is 18.0 Å². The number of rotatable bonds is 7. The van der Waals surface area contributed by atoms with Gasteiger partial charge >= 0.3 is 0 Å². The van der Waals surface area contributed by atoms with E-state index in [9.17, 15) is 4.79 Å². The quantitative estimate of drug-likeness (QED) is 0.732. The van der Waals surface area contributed by atoms with Gasteiger partial charge in [0.15, 0.2) is 0 Å². The molecule has 0 saturated carbocycles. The number of amides is 1. The second-order valence-electron chi connectivity index (χ2n) is 6.95. The van der Waals surface area contributed by atoms with Crippen molar-refractivity contribution in [3.8, 4) is 0 Å². The number of carbonyl (C=O) groups excluding carboxylic acids is 1. The molecule has 1 heterocycles. The van der Waals surface area contributed by atoms with Crippen molar-refractivity contribution in [3.05, 3.63) is 65.7 Å². The Bertz CT molecular complexity index is 698. The van der Waals surface area contributed by atoms with Crippen LogP contribution in [0.1, 0.15) is 37.3 Å². The summed E-state index contributed by atoms with van der Waals surface area (Å²) in [4.78, 5) is 16.0. The predicted molar refractivity (Wildman–Crippen MR) is 109 cm³/mol. The molecule has 0 aliphatic carbocycles. The Morgan fingerprint density at radius 1 is 1.04 bits per heavy atom. The smallest absolute Gasteiger partial charge is 0.233 e. The van der Waals surface area contributed by atoms with Crippen LogP contribution in [0, 0.1) is 0 Å². The zero-order valence-electron chi connectivity index (χ0n) is 15.5. The van der Waals surface area contributed by atoms with Crippen molar-refractivity contribution < 1.29 is 4.79 Å². The molecule has 1 atom stereocenters. The van der Waals surface area contributed by atoms with Gasteiger partial charge in [0.1, 0.15) is 0 Å². The number of nitrogens with one attached hydrogen (secondary N) is 1. The van der Waals surface area contributed by atoms with Crippen molar-refractivity contribution in [2.24, 2.45) is 0 Å². The molecule has 26 heavy (non-hydrogen) atoms. The van der Waals surface area contributed by atoms with Gasteiger partial charge in [-0.25, -0.2) is 0 Å². The highest BCUT2D eigenvalue weighted by molar-refractivity contribution is 8.00. The van der Waals surface area contributed by atoms with E-state index in [-0.39, 0.29) is 11.2 Å². The summed E-state index contributed by atoms with van der Waals surface area (Å²) >= 11 is 1.59. The number of hydrogen-bond acceptors (Lipinski definition) is 3. The van der Waals surface area contributed by atoms with Crippen LogP contribution in [-0.2, 0) is 17.9 Å². The third-order valence-electron chi connectivity index (χ3n) is 4.74. The zero-order chi connectivity index (χ0) is 18.2. The molecule has 1 fully saturated rings. The standard InChI is InChI=1S/C22H28N2OS/c1-18(26-21-11-4-2-5-12-21)22(25)23-16-19-9-8-10-20(15-19)17-24-13-6-3-7-14-24/h2,4-5,8-12,15,18H,3,6-7,13-14,16-17H2,1H3,(H,23,25). The Hall–Kier alpha value is -1.78. The van der Waals surface area contributed by atoms with Crippen molar-refractivity contribution in [3.63, 3.8) is 0 Å². The highest BCUT2D eigenvalue weighted by atomic mass is 32.2. The molecule has 1 saturated heterocycles. The van der Waals surface area contributed by atoms with Crippen LogP contribution in [0.2, 0.25) is 0 Å². The fraction of sp³-hybridized carbons (Fsp3) is 0.409. The minimum atomic E-state index is -0.103. The predicted octanol–water partition coefficient (Wildman–Crippen LogP) is 4.47. The van der Waals surface area contributed by atoms with Gasteiger partial charge in [-0.3, -0.25) is 9.69 Å². The van der Waals surface area contributed by atoms with Gasteiger partial charge in [0.2, 0.25) is 5.91 Å². The van der Waals surface area contributed by atoms with Gasteiger partial charge in [-0.2, -0.15) is 0 Å². The summed E-state index contributed by atoms with van der Waals surface area (Å²) in [7, 11) is 0. The SMILES string of the molecule is CC(Sc1ccccc1)C(=O)NCc1cccc(CN2CCCCC2)c1. The Kier molecular flexibility index (Phi) is 7.15. The molecule has 3 rings (SSSR count). The molecule has 3 nitrogen and oxygen atoms in total. The van der Waals surface area contributed by atoms with Gasteiger partial charge in [0.25, 0.3) is 0 Å². The van der Waals surface area contributed by atoms with E-state index in [1.54, 1.807) is 11.8 Å². The monoisotopic (exact) mass is 368 g/mol. The number of thioether (sulfide) groups is 1. The third kappa shape index (κ3) is 5.89. The van der Waals surface area contributed by atoms with Crippen LogP contribution in [-0.4, -0.2) is 29.1 Å². The third-order valence-corrected chi connectivity index (χ3v) is 5.85. The van der Waals surface area contributed by atoms with Crippen molar-refractivity contribution in [1.82, 2.24) is 10.2 Å². The topological polar surface area (TPSA) is 32.3 Å². The fourth-order valence-corrected chi connectivity index (χ4v) is 4.22. The molecule has 2 aromatic rings. The van der Waals surface area contributed by atoms with Crippen molar-refractivity contribution >= 4 is 17.7 Å². The van der Waals surface area contributed by atoms with Crippen molar-refractivity contribution in [2.45, 2.75) is 49.4 Å². The van der Waals surface area contributed by atoms with Crippen LogP contribution in [0.15, 0.2) is 59.5 Å². The van der Waals surface area contributed by atoms with E-state index in [1.165, 1.54) is 43.5 Å². The largest absolute Gasteiger partial charge is 0.351 e. The lowest BCUT2D eigenvalue weighted by atomic mass is 10.1. The lowest BCUT2D eigenvalue weighted by molar-refractivity contribution is -0.120. The van der Waals surface area contributed by atoms with Gasteiger partial charge in [-0.05, 0) is 56.1 Å². The lowest BCUT2D eigenvalue weighted by Crippen LogP contribution is -2.30. The molecule has 0 radical (unpaired) electrons. The van der Waals surface area contributed by atoms with Crippen LogP contribution in [0.3, 0.4) is 0 Å². The molecule has 1 unspecified atom stereocenters. The first-order valence-electron chi connectivity index (χ1n) is 9.50. The molecule has 1 amide bonds. The minimum absolute atomic E-state index is 0.0836. The normalized spacial score (nSPS) is 16.2. The molecule has 138 valence electrons. The summed E-state index contributed by atoms with van der Waals surface area (Å²) in [6.45, 7) is 5.97. The second-order valence-corrected chi connectivity index (χ2v) is 8.36. The van der Waals surface area contributed by atoms with Crippen LogP contribution < -0.4 is 5.32 Å². The molecule has 1 aliphatic rings.